The quantitative estimate of drug-likeness (QED) is 0.754. The van der Waals surface area contributed by atoms with E-state index in [9.17, 15) is 0 Å². The molecule has 0 saturated heterocycles. The number of hydrogen-bond acceptors (Lipinski definition) is 2. The van der Waals surface area contributed by atoms with Gasteiger partial charge in [0, 0.05) is 0 Å². The zero-order valence-corrected chi connectivity index (χ0v) is 14.3. The number of benzene rings is 2. The van der Waals surface area contributed by atoms with Crippen molar-refractivity contribution >= 4 is 0 Å². The SMILES string of the molecule is C1=CC2C3C=CC(C3)C2C1.Oc1ccc(Cc2ccc(O)cc2)cc1. The van der Waals surface area contributed by atoms with Crippen molar-refractivity contribution in [3.63, 3.8) is 0 Å². The summed E-state index contributed by atoms with van der Waals surface area (Å²) in [6.07, 6.45) is 13.3. The smallest absolute Gasteiger partial charge is 0.115 e. The molecule has 0 heterocycles. The van der Waals surface area contributed by atoms with Crippen LogP contribution < -0.4 is 0 Å². The predicted molar refractivity (Wildman–Crippen MR) is 100 cm³/mol. The van der Waals surface area contributed by atoms with Gasteiger partial charge in [-0.1, -0.05) is 48.6 Å². The maximum absolute atomic E-state index is 9.13. The number of allylic oxidation sites excluding steroid dienone is 4. The standard InChI is InChI=1S/C13H12O2.C10H12/c14-12-5-1-10(2-6-12)9-11-3-7-13(15)8-4-11;1-2-9-7-4-5-8(6-7)10(9)3-1/h1-8,14-15H,9H2;1-2,4-5,7-10H,3,6H2. The summed E-state index contributed by atoms with van der Waals surface area (Å²) in [5.41, 5.74) is 2.27. The highest BCUT2D eigenvalue weighted by atomic mass is 16.3. The van der Waals surface area contributed by atoms with Crippen LogP contribution >= 0.6 is 0 Å². The molecule has 0 spiro atoms. The number of fused-ring (bicyclic) bond motifs is 5. The summed E-state index contributed by atoms with van der Waals surface area (Å²) in [6.45, 7) is 0. The molecule has 0 aromatic heterocycles. The summed E-state index contributed by atoms with van der Waals surface area (Å²) in [5, 5.41) is 18.3. The van der Waals surface area contributed by atoms with Gasteiger partial charge in [-0.05, 0) is 78.3 Å². The summed E-state index contributed by atoms with van der Waals surface area (Å²) in [5.74, 6) is 4.39. The molecular formula is C23H24O2. The average molecular weight is 332 g/mol. The Kier molecular flexibility index (Phi) is 4.35. The predicted octanol–water partition coefficient (Wildman–Crippen LogP) is 5.07. The van der Waals surface area contributed by atoms with Crippen LogP contribution in [0.25, 0.3) is 0 Å². The van der Waals surface area contributed by atoms with Crippen LogP contribution in [0.2, 0.25) is 0 Å². The largest absolute Gasteiger partial charge is 0.508 e. The second-order valence-corrected chi connectivity index (χ2v) is 7.36. The lowest BCUT2D eigenvalue weighted by atomic mass is 9.86. The van der Waals surface area contributed by atoms with Gasteiger partial charge in [-0.25, -0.2) is 0 Å². The van der Waals surface area contributed by atoms with Gasteiger partial charge in [0.05, 0.1) is 0 Å². The molecule has 1 fully saturated rings. The third-order valence-electron chi connectivity index (χ3n) is 5.74. The van der Waals surface area contributed by atoms with E-state index in [4.69, 9.17) is 10.2 Å². The fourth-order valence-electron chi connectivity index (χ4n) is 4.44. The summed E-state index contributed by atoms with van der Waals surface area (Å²) in [6, 6.07) is 14.3. The lowest BCUT2D eigenvalue weighted by molar-refractivity contribution is 0.398. The highest BCUT2D eigenvalue weighted by molar-refractivity contribution is 5.33. The van der Waals surface area contributed by atoms with Crippen LogP contribution in [0.3, 0.4) is 0 Å². The van der Waals surface area contributed by atoms with Crippen LogP contribution in [0.5, 0.6) is 11.5 Å². The van der Waals surface area contributed by atoms with Gasteiger partial charge in [-0.15, -0.1) is 0 Å². The Balaban J connectivity index is 0.000000134. The van der Waals surface area contributed by atoms with Gasteiger partial charge >= 0.3 is 0 Å². The fraction of sp³-hybridized carbons (Fsp3) is 0.304. The van der Waals surface area contributed by atoms with E-state index in [1.165, 1.54) is 12.8 Å². The van der Waals surface area contributed by atoms with Crippen molar-refractivity contribution in [2.45, 2.75) is 19.3 Å². The molecule has 0 radical (unpaired) electrons. The zero-order valence-electron chi connectivity index (χ0n) is 14.3. The molecule has 2 nitrogen and oxygen atoms in total. The van der Waals surface area contributed by atoms with Crippen molar-refractivity contribution in [1.82, 2.24) is 0 Å². The van der Waals surface area contributed by atoms with E-state index >= 15 is 0 Å². The van der Waals surface area contributed by atoms with E-state index < -0.39 is 0 Å². The summed E-state index contributed by atoms with van der Waals surface area (Å²) < 4.78 is 0. The molecule has 128 valence electrons. The third kappa shape index (κ3) is 3.48. The van der Waals surface area contributed by atoms with E-state index in [0.29, 0.717) is 0 Å². The van der Waals surface area contributed by atoms with E-state index in [0.717, 1.165) is 41.2 Å². The van der Waals surface area contributed by atoms with Crippen molar-refractivity contribution in [2.75, 3.05) is 0 Å². The lowest BCUT2D eigenvalue weighted by Gasteiger charge is -2.18. The van der Waals surface area contributed by atoms with Gasteiger partial charge in [0.2, 0.25) is 0 Å². The Morgan fingerprint density at radius 3 is 1.84 bits per heavy atom. The fourth-order valence-corrected chi connectivity index (χ4v) is 4.44. The Bertz CT molecular complexity index is 727. The van der Waals surface area contributed by atoms with E-state index in [1.807, 2.05) is 24.3 Å². The maximum Gasteiger partial charge on any atom is 0.115 e. The zero-order chi connectivity index (χ0) is 17.2. The first-order chi connectivity index (χ1) is 12.2. The van der Waals surface area contributed by atoms with E-state index in [-0.39, 0.29) is 11.5 Å². The molecule has 2 aromatic carbocycles. The molecule has 3 aliphatic carbocycles. The van der Waals surface area contributed by atoms with E-state index in [1.54, 1.807) is 24.3 Å². The number of phenolic OH excluding ortho intramolecular Hbond substituents is 2. The van der Waals surface area contributed by atoms with Gasteiger partial charge in [-0.3, -0.25) is 0 Å². The monoisotopic (exact) mass is 332 g/mol. The van der Waals surface area contributed by atoms with E-state index in [2.05, 4.69) is 24.3 Å². The lowest BCUT2D eigenvalue weighted by Crippen LogP contribution is -2.12. The molecule has 3 aliphatic rings. The Labute approximate surface area is 149 Å². The molecule has 4 atom stereocenters. The first-order valence-electron chi connectivity index (χ1n) is 9.10. The minimum atomic E-state index is 0.282. The van der Waals surface area contributed by atoms with Gasteiger partial charge in [0.15, 0.2) is 0 Å². The Morgan fingerprint density at radius 2 is 1.28 bits per heavy atom. The molecule has 2 heteroatoms. The molecule has 0 amide bonds. The van der Waals surface area contributed by atoms with Crippen LogP contribution in [0, 0.1) is 23.7 Å². The number of rotatable bonds is 2. The Morgan fingerprint density at radius 1 is 0.720 bits per heavy atom. The molecule has 2 N–H and O–H groups in total. The van der Waals surface area contributed by atoms with Crippen LogP contribution in [0.4, 0.5) is 0 Å². The summed E-state index contributed by atoms with van der Waals surface area (Å²) in [4.78, 5) is 0. The van der Waals surface area contributed by atoms with Crippen molar-refractivity contribution in [1.29, 1.82) is 0 Å². The molecule has 2 aromatic rings. The topological polar surface area (TPSA) is 40.5 Å². The molecule has 25 heavy (non-hydrogen) atoms. The minimum absolute atomic E-state index is 0.282. The van der Waals surface area contributed by atoms with Gasteiger partial charge < -0.3 is 10.2 Å². The summed E-state index contributed by atoms with van der Waals surface area (Å²) >= 11 is 0. The van der Waals surface area contributed by atoms with Crippen molar-refractivity contribution in [3.05, 3.63) is 84.0 Å². The highest BCUT2D eigenvalue weighted by Crippen LogP contribution is 2.52. The number of aromatic hydroxyl groups is 2. The normalized spacial score (nSPS) is 27.8. The Hall–Kier alpha value is -2.48. The third-order valence-corrected chi connectivity index (χ3v) is 5.74. The molecule has 0 aliphatic heterocycles. The van der Waals surface area contributed by atoms with Gasteiger partial charge in [0.1, 0.15) is 11.5 Å². The minimum Gasteiger partial charge on any atom is -0.508 e. The first-order valence-corrected chi connectivity index (χ1v) is 9.10. The number of hydrogen-bond donors (Lipinski definition) is 2. The second-order valence-electron chi connectivity index (χ2n) is 7.36. The second kappa shape index (κ2) is 6.79. The molecule has 4 unspecified atom stereocenters. The first kappa shape index (κ1) is 16.0. The molecule has 1 saturated carbocycles. The van der Waals surface area contributed by atoms with Crippen LogP contribution in [0.1, 0.15) is 24.0 Å². The van der Waals surface area contributed by atoms with Crippen molar-refractivity contribution < 1.29 is 10.2 Å². The van der Waals surface area contributed by atoms with Crippen molar-refractivity contribution in [3.8, 4) is 11.5 Å². The molecule has 5 rings (SSSR count). The van der Waals surface area contributed by atoms with Gasteiger partial charge in [-0.2, -0.15) is 0 Å². The molecular weight excluding hydrogens is 308 g/mol. The van der Waals surface area contributed by atoms with Crippen molar-refractivity contribution in [2.24, 2.45) is 23.7 Å². The van der Waals surface area contributed by atoms with Crippen LogP contribution in [-0.4, -0.2) is 10.2 Å². The average Bonchev–Trinajstić information content (AvgIpc) is 3.33. The maximum atomic E-state index is 9.13. The van der Waals surface area contributed by atoms with Crippen LogP contribution in [-0.2, 0) is 6.42 Å². The molecule has 2 bridgehead atoms. The summed E-state index contributed by atoms with van der Waals surface area (Å²) in [7, 11) is 0. The van der Waals surface area contributed by atoms with Gasteiger partial charge in [0.25, 0.3) is 0 Å². The highest BCUT2D eigenvalue weighted by Gasteiger charge is 2.44. The number of phenols is 2. The van der Waals surface area contributed by atoms with Crippen LogP contribution in [0.15, 0.2) is 72.8 Å².